The fraction of sp³-hybridized carbons (Fsp3) is 0.167. The smallest absolute Gasteiger partial charge is 0.239 e. The minimum atomic E-state index is -1.29. The predicted molar refractivity (Wildman–Crippen MR) is 115 cm³/mol. The highest BCUT2D eigenvalue weighted by atomic mass is 16.5. The first-order valence-corrected chi connectivity index (χ1v) is 9.38. The van der Waals surface area contributed by atoms with Crippen LogP contribution in [0.5, 0.6) is 11.5 Å². The zero-order valence-corrected chi connectivity index (χ0v) is 16.7. The molecule has 5 heteroatoms. The third-order valence-corrected chi connectivity index (χ3v) is 4.63. The molecule has 0 aliphatic carbocycles. The zero-order chi connectivity index (χ0) is 20.9. The maximum atomic E-state index is 12.9. The van der Waals surface area contributed by atoms with Gasteiger partial charge in [-0.15, -0.1) is 0 Å². The lowest BCUT2D eigenvalue weighted by molar-refractivity contribution is -0.135. The molecule has 0 saturated heterocycles. The molecule has 3 aromatic carbocycles. The summed E-state index contributed by atoms with van der Waals surface area (Å²) in [5.74, 6) is 0.353. The van der Waals surface area contributed by atoms with E-state index in [0.29, 0.717) is 22.9 Å². The summed E-state index contributed by atoms with van der Waals surface area (Å²) in [7, 11) is 0. The molecule has 0 saturated carbocycles. The normalized spacial score (nSPS) is 10.9. The van der Waals surface area contributed by atoms with Gasteiger partial charge in [-0.1, -0.05) is 48.5 Å². The van der Waals surface area contributed by atoms with E-state index in [1.54, 1.807) is 32.0 Å². The summed E-state index contributed by atoms with van der Waals surface area (Å²) in [6.45, 7) is 5.09. The van der Waals surface area contributed by atoms with Crippen LogP contribution in [0.2, 0.25) is 0 Å². The molecule has 29 heavy (non-hydrogen) atoms. The van der Waals surface area contributed by atoms with Crippen LogP contribution in [-0.2, 0) is 9.59 Å². The van der Waals surface area contributed by atoms with E-state index >= 15 is 0 Å². The van der Waals surface area contributed by atoms with Gasteiger partial charge in [-0.2, -0.15) is 0 Å². The second kappa shape index (κ2) is 8.61. The van der Waals surface area contributed by atoms with Crippen molar-refractivity contribution in [3.63, 3.8) is 0 Å². The largest absolute Gasteiger partial charge is 0.455 e. The Hall–Kier alpha value is -3.60. The van der Waals surface area contributed by atoms with Gasteiger partial charge in [0.15, 0.2) is 5.75 Å². The molecule has 3 aromatic rings. The first-order valence-electron chi connectivity index (χ1n) is 9.38. The third-order valence-electron chi connectivity index (χ3n) is 4.63. The highest BCUT2D eigenvalue weighted by molar-refractivity contribution is 6.14. The third kappa shape index (κ3) is 4.82. The summed E-state index contributed by atoms with van der Waals surface area (Å²) in [5, 5.41) is 5.67. The number of para-hydroxylation sites is 4. The van der Waals surface area contributed by atoms with Gasteiger partial charge in [0.1, 0.15) is 11.2 Å². The van der Waals surface area contributed by atoms with Crippen LogP contribution in [-0.4, -0.2) is 11.8 Å². The molecule has 0 aliphatic heterocycles. The fourth-order valence-corrected chi connectivity index (χ4v) is 2.65. The Morgan fingerprint density at radius 2 is 1.24 bits per heavy atom. The van der Waals surface area contributed by atoms with Crippen LogP contribution in [0, 0.1) is 12.3 Å². The summed E-state index contributed by atoms with van der Waals surface area (Å²) in [6.07, 6.45) is 0. The predicted octanol–water partition coefficient (Wildman–Crippen LogP) is 5.39. The number of carbonyl (C=O) groups excluding carboxylic acids is 2. The summed E-state index contributed by atoms with van der Waals surface area (Å²) in [6, 6.07) is 23.9. The minimum Gasteiger partial charge on any atom is -0.455 e. The second-order valence-electron chi connectivity index (χ2n) is 7.26. The first kappa shape index (κ1) is 20.1. The Labute approximate surface area is 170 Å². The minimum absolute atomic E-state index is 0.384. The molecule has 0 fully saturated rings. The molecular formula is C24H24N2O3. The van der Waals surface area contributed by atoms with Gasteiger partial charge in [0.05, 0.1) is 5.69 Å². The van der Waals surface area contributed by atoms with E-state index in [4.69, 9.17) is 4.74 Å². The van der Waals surface area contributed by atoms with Gasteiger partial charge in [0.25, 0.3) is 0 Å². The lowest BCUT2D eigenvalue weighted by Gasteiger charge is -2.24. The SMILES string of the molecule is Cc1ccccc1NC(=O)C(C)(C)C(=O)Nc1ccccc1Oc1ccccc1. The van der Waals surface area contributed by atoms with E-state index < -0.39 is 11.3 Å². The molecule has 0 bridgehead atoms. The number of benzene rings is 3. The van der Waals surface area contributed by atoms with Crippen molar-refractivity contribution in [1.29, 1.82) is 0 Å². The molecule has 0 atom stereocenters. The van der Waals surface area contributed by atoms with Crippen LogP contribution in [0.25, 0.3) is 0 Å². The molecule has 0 aromatic heterocycles. The molecule has 3 rings (SSSR count). The van der Waals surface area contributed by atoms with Crippen LogP contribution >= 0.6 is 0 Å². The van der Waals surface area contributed by atoms with Crippen molar-refractivity contribution in [3.8, 4) is 11.5 Å². The van der Waals surface area contributed by atoms with Crippen molar-refractivity contribution in [2.45, 2.75) is 20.8 Å². The number of carbonyl (C=O) groups is 2. The number of hydrogen-bond acceptors (Lipinski definition) is 3. The molecule has 0 spiro atoms. The number of nitrogens with one attached hydrogen (secondary N) is 2. The van der Waals surface area contributed by atoms with E-state index in [2.05, 4.69) is 10.6 Å². The summed E-state index contributed by atoms with van der Waals surface area (Å²) in [4.78, 5) is 25.7. The first-order chi connectivity index (χ1) is 13.9. The van der Waals surface area contributed by atoms with E-state index in [1.807, 2.05) is 67.6 Å². The molecule has 2 N–H and O–H groups in total. The lowest BCUT2D eigenvalue weighted by atomic mass is 9.90. The average Bonchev–Trinajstić information content (AvgIpc) is 2.71. The molecule has 0 radical (unpaired) electrons. The highest BCUT2D eigenvalue weighted by Crippen LogP contribution is 2.31. The zero-order valence-electron chi connectivity index (χ0n) is 16.7. The van der Waals surface area contributed by atoms with Crippen LogP contribution in [0.4, 0.5) is 11.4 Å². The van der Waals surface area contributed by atoms with E-state index in [0.717, 1.165) is 5.56 Å². The van der Waals surface area contributed by atoms with E-state index in [-0.39, 0.29) is 5.91 Å². The van der Waals surface area contributed by atoms with Gasteiger partial charge in [0, 0.05) is 5.69 Å². The van der Waals surface area contributed by atoms with Crippen molar-refractivity contribution >= 4 is 23.2 Å². The van der Waals surface area contributed by atoms with Gasteiger partial charge in [0.2, 0.25) is 11.8 Å². The standard InChI is InChI=1S/C24H24N2O3/c1-17-11-7-8-14-19(17)25-22(27)24(2,3)23(28)26-20-15-9-10-16-21(20)29-18-12-5-4-6-13-18/h4-16H,1-3H3,(H,25,27)(H,26,28). The van der Waals surface area contributed by atoms with Crippen LogP contribution < -0.4 is 15.4 Å². The van der Waals surface area contributed by atoms with Crippen molar-refractivity contribution in [2.75, 3.05) is 10.6 Å². The molecule has 2 amide bonds. The number of anilines is 2. The van der Waals surface area contributed by atoms with Gasteiger partial charge in [-0.25, -0.2) is 0 Å². The topological polar surface area (TPSA) is 67.4 Å². The van der Waals surface area contributed by atoms with Crippen molar-refractivity contribution in [1.82, 2.24) is 0 Å². The molecular weight excluding hydrogens is 364 g/mol. The average molecular weight is 388 g/mol. The fourth-order valence-electron chi connectivity index (χ4n) is 2.65. The summed E-state index contributed by atoms with van der Waals surface area (Å²) < 4.78 is 5.88. The van der Waals surface area contributed by atoms with E-state index in [9.17, 15) is 9.59 Å². The van der Waals surface area contributed by atoms with Crippen molar-refractivity contribution < 1.29 is 14.3 Å². The molecule has 148 valence electrons. The summed E-state index contributed by atoms with van der Waals surface area (Å²) in [5.41, 5.74) is 0.824. The molecule has 0 heterocycles. The van der Waals surface area contributed by atoms with E-state index in [1.165, 1.54) is 0 Å². The number of ether oxygens (including phenoxy) is 1. The number of hydrogen-bond donors (Lipinski definition) is 2. The van der Waals surface area contributed by atoms with Crippen LogP contribution in [0.3, 0.4) is 0 Å². The van der Waals surface area contributed by atoms with Gasteiger partial charge >= 0.3 is 0 Å². The van der Waals surface area contributed by atoms with Crippen LogP contribution in [0.15, 0.2) is 78.9 Å². The Kier molecular flexibility index (Phi) is 5.98. The molecule has 5 nitrogen and oxygen atoms in total. The van der Waals surface area contributed by atoms with Gasteiger partial charge < -0.3 is 15.4 Å². The molecule has 0 aliphatic rings. The number of aryl methyl sites for hydroxylation is 1. The Balaban J connectivity index is 1.75. The Morgan fingerprint density at radius 3 is 1.90 bits per heavy atom. The van der Waals surface area contributed by atoms with Crippen molar-refractivity contribution in [2.24, 2.45) is 5.41 Å². The van der Waals surface area contributed by atoms with Gasteiger partial charge in [-0.3, -0.25) is 9.59 Å². The number of rotatable bonds is 6. The Bertz CT molecular complexity index is 1010. The quantitative estimate of drug-likeness (QED) is 0.556. The monoisotopic (exact) mass is 388 g/mol. The lowest BCUT2D eigenvalue weighted by Crippen LogP contribution is -2.41. The van der Waals surface area contributed by atoms with Gasteiger partial charge in [-0.05, 0) is 56.7 Å². The Morgan fingerprint density at radius 1 is 0.724 bits per heavy atom. The number of amides is 2. The second-order valence-corrected chi connectivity index (χ2v) is 7.26. The van der Waals surface area contributed by atoms with Crippen molar-refractivity contribution in [3.05, 3.63) is 84.4 Å². The molecule has 0 unspecified atom stereocenters. The maximum Gasteiger partial charge on any atom is 0.239 e. The maximum absolute atomic E-state index is 12.9. The summed E-state index contributed by atoms with van der Waals surface area (Å²) >= 11 is 0. The van der Waals surface area contributed by atoms with Crippen LogP contribution in [0.1, 0.15) is 19.4 Å². The highest BCUT2D eigenvalue weighted by Gasteiger charge is 2.36.